The molecular weight excluding hydrogens is 284 g/mol. The summed E-state index contributed by atoms with van der Waals surface area (Å²) in [5.74, 6) is 1.87. The summed E-state index contributed by atoms with van der Waals surface area (Å²) in [6, 6.07) is 0. The van der Waals surface area contributed by atoms with Crippen LogP contribution in [0.15, 0.2) is 10.7 Å². The Labute approximate surface area is 129 Å². The third-order valence-corrected chi connectivity index (χ3v) is 3.99. The summed E-state index contributed by atoms with van der Waals surface area (Å²) >= 11 is 0. The Morgan fingerprint density at radius 3 is 2.82 bits per heavy atom. The predicted molar refractivity (Wildman–Crippen MR) is 78.2 cm³/mol. The summed E-state index contributed by atoms with van der Waals surface area (Å²) in [6.45, 7) is 6.41. The molecule has 1 fully saturated rings. The number of hydrogen-bond acceptors (Lipinski definition) is 7. The lowest BCUT2D eigenvalue weighted by molar-refractivity contribution is 0.0954. The Balaban J connectivity index is 1.68. The number of ether oxygens (including phenoxy) is 1. The van der Waals surface area contributed by atoms with Gasteiger partial charge in [-0.25, -0.2) is 0 Å². The zero-order valence-corrected chi connectivity index (χ0v) is 13.4. The van der Waals surface area contributed by atoms with Crippen LogP contribution in [0.5, 0.6) is 0 Å². The smallest absolute Gasteiger partial charge is 0.229 e. The molecular formula is C14H22N6O2. The molecule has 120 valence electrons. The normalized spacial score (nSPS) is 22.8. The summed E-state index contributed by atoms with van der Waals surface area (Å²) in [7, 11) is 3.61. The molecule has 0 N–H and O–H groups in total. The number of hydrogen-bond donors (Lipinski definition) is 0. The molecule has 0 aromatic carbocycles. The number of likely N-dealkylation sites (tertiary alicyclic amines) is 1. The molecule has 0 amide bonds. The molecule has 8 heteroatoms. The van der Waals surface area contributed by atoms with Crippen molar-refractivity contribution in [1.29, 1.82) is 0 Å². The largest absolute Gasteiger partial charge is 0.379 e. The van der Waals surface area contributed by atoms with Crippen LogP contribution in [0.4, 0.5) is 0 Å². The van der Waals surface area contributed by atoms with Crippen LogP contribution < -0.4 is 0 Å². The Morgan fingerprint density at radius 2 is 2.23 bits per heavy atom. The van der Waals surface area contributed by atoms with Crippen molar-refractivity contribution < 1.29 is 9.26 Å². The predicted octanol–water partition coefficient (Wildman–Crippen LogP) is 0.936. The highest BCUT2D eigenvalue weighted by atomic mass is 16.5. The van der Waals surface area contributed by atoms with E-state index in [0.29, 0.717) is 12.4 Å². The SMILES string of the molecule is CO[C@@H]1CN(Cc2noc(C(C)C)n2)C[C@H]1c1cn(C)nn1. The summed E-state index contributed by atoms with van der Waals surface area (Å²) in [5, 5.41) is 12.3. The maximum absolute atomic E-state index is 5.62. The Bertz CT molecular complexity index is 622. The molecule has 1 aliphatic rings. The highest BCUT2D eigenvalue weighted by Gasteiger charge is 2.36. The zero-order chi connectivity index (χ0) is 15.7. The fourth-order valence-corrected chi connectivity index (χ4v) is 2.81. The lowest BCUT2D eigenvalue weighted by atomic mass is 10.0. The van der Waals surface area contributed by atoms with Crippen molar-refractivity contribution in [2.75, 3.05) is 20.2 Å². The molecule has 8 nitrogen and oxygen atoms in total. The number of aryl methyl sites for hydroxylation is 1. The molecule has 0 saturated carbocycles. The average Bonchev–Trinajstić information content (AvgIpc) is 3.18. The van der Waals surface area contributed by atoms with Crippen LogP contribution in [-0.2, 0) is 18.3 Å². The first kappa shape index (κ1) is 15.1. The molecule has 0 unspecified atom stereocenters. The first-order valence-corrected chi connectivity index (χ1v) is 7.50. The van der Waals surface area contributed by atoms with E-state index in [1.54, 1.807) is 11.8 Å². The van der Waals surface area contributed by atoms with Gasteiger partial charge in [0.25, 0.3) is 0 Å². The van der Waals surface area contributed by atoms with E-state index in [2.05, 4.69) is 25.4 Å². The molecule has 3 heterocycles. The van der Waals surface area contributed by atoms with E-state index in [-0.39, 0.29) is 17.9 Å². The van der Waals surface area contributed by atoms with Crippen LogP contribution >= 0.6 is 0 Å². The first-order chi connectivity index (χ1) is 10.6. The number of aromatic nitrogens is 5. The van der Waals surface area contributed by atoms with Gasteiger partial charge in [0.15, 0.2) is 5.82 Å². The van der Waals surface area contributed by atoms with E-state index < -0.39 is 0 Å². The van der Waals surface area contributed by atoms with Gasteiger partial charge < -0.3 is 9.26 Å². The van der Waals surface area contributed by atoms with Crippen LogP contribution in [-0.4, -0.2) is 56.3 Å². The van der Waals surface area contributed by atoms with Gasteiger partial charge in [0, 0.05) is 45.3 Å². The highest BCUT2D eigenvalue weighted by Crippen LogP contribution is 2.28. The molecule has 0 bridgehead atoms. The van der Waals surface area contributed by atoms with E-state index in [1.165, 1.54) is 0 Å². The first-order valence-electron chi connectivity index (χ1n) is 7.50. The molecule has 2 atom stereocenters. The van der Waals surface area contributed by atoms with Gasteiger partial charge in [0.2, 0.25) is 5.89 Å². The van der Waals surface area contributed by atoms with Gasteiger partial charge in [0.05, 0.1) is 18.3 Å². The Kier molecular flexibility index (Phi) is 4.21. The topological polar surface area (TPSA) is 82.1 Å². The van der Waals surface area contributed by atoms with Crippen molar-refractivity contribution in [3.05, 3.63) is 23.6 Å². The monoisotopic (exact) mass is 306 g/mol. The maximum atomic E-state index is 5.62. The van der Waals surface area contributed by atoms with Crippen molar-refractivity contribution in [3.8, 4) is 0 Å². The van der Waals surface area contributed by atoms with Crippen LogP contribution in [0.25, 0.3) is 0 Å². The summed E-state index contributed by atoms with van der Waals surface area (Å²) in [5.41, 5.74) is 0.966. The average molecular weight is 306 g/mol. The molecule has 2 aromatic rings. The number of nitrogens with zero attached hydrogens (tertiary/aromatic N) is 6. The molecule has 22 heavy (non-hydrogen) atoms. The van der Waals surface area contributed by atoms with Crippen LogP contribution in [0.2, 0.25) is 0 Å². The molecule has 0 aliphatic carbocycles. The fraction of sp³-hybridized carbons (Fsp3) is 0.714. The lowest BCUT2D eigenvalue weighted by Gasteiger charge is -2.13. The van der Waals surface area contributed by atoms with Gasteiger partial charge in [-0.1, -0.05) is 24.2 Å². The molecule has 2 aromatic heterocycles. The molecule has 1 aliphatic heterocycles. The maximum Gasteiger partial charge on any atom is 0.229 e. The summed E-state index contributed by atoms with van der Waals surface area (Å²) in [6.07, 6.45) is 2.05. The van der Waals surface area contributed by atoms with Crippen LogP contribution in [0.1, 0.15) is 43.1 Å². The van der Waals surface area contributed by atoms with Gasteiger partial charge in [-0.05, 0) is 0 Å². The minimum Gasteiger partial charge on any atom is -0.379 e. The van der Waals surface area contributed by atoms with Crippen molar-refractivity contribution >= 4 is 0 Å². The highest BCUT2D eigenvalue weighted by molar-refractivity contribution is 5.10. The van der Waals surface area contributed by atoms with Gasteiger partial charge in [-0.15, -0.1) is 5.10 Å². The van der Waals surface area contributed by atoms with Gasteiger partial charge in [-0.2, -0.15) is 4.98 Å². The summed E-state index contributed by atoms with van der Waals surface area (Å²) < 4.78 is 12.6. The molecule has 0 spiro atoms. The quantitative estimate of drug-likeness (QED) is 0.813. The van der Waals surface area contributed by atoms with Crippen LogP contribution in [0, 0.1) is 0 Å². The van der Waals surface area contributed by atoms with E-state index in [9.17, 15) is 0 Å². The Morgan fingerprint density at radius 1 is 1.41 bits per heavy atom. The second-order valence-corrected chi connectivity index (χ2v) is 6.10. The second-order valence-electron chi connectivity index (χ2n) is 6.10. The Hall–Kier alpha value is -1.80. The van der Waals surface area contributed by atoms with E-state index in [1.807, 2.05) is 27.1 Å². The zero-order valence-electron chi connectivity index (χ0n) is 13.4. The second kappa shape index (κ2) is 6.13. The van der Waals surface area contributed by atoms with Crippen LogP contribution in [0.3, 0.4) is 0 Å². The molecule has 1 saturated heterocycles. The standard InChI is InChI=1S/C14H22N6O2/c1-9(2)14-15-13(17-22-14)8-20-5-10(12(7-20)21-4)11-6-19(3)18-16-11/h6,9-10,12H,5,7-8H2,1-4H3/t10-,12+/m0/s1. The van der Waals surface area contributed by atoms with Gasteiger partial charge >= 0.3 is 0 Å². The third kappa shape index (κ3) is 3.02. The van der Waals surface area contributed by atoms with Gasteiger partial charge in [0.1, 0.15) is 0 Å². The lowest BCUT2D eigenvalue weighted by Crippen LogP contribution is -2.23. The van der Waals surface area contributed by atoms with Crippen molar-refractivity contribution in [3.63, 3.8) is 0 Å². The minimum atomic E-state index is 0.105. The van der Waals surface area contributed by atoms with Crippen molar-refractivity contribution in [2.24, 2.45) is 7.05 Å². The van der Waals surface area contributed by atoms with E-state index in [4.69, 9.17) is 9.26 Å². The van der Waals surface area contributed by atoms with E-state index in [0.717, 1.165) is 24.6 Å². The fourth-order valence-electron chi connectivity index (χ4n) is 2.81. The summed E-state index contributed by atoms with van der Waals surface area (Å²) in [4.78, 5) is 6.70. The van der Waals surface area contributed by atoms with Gasteiger partial charge in [-0.3, -0.25) is 9.58 Å². The minimum absolute atomic E-state index is 0.105. The number of methoxy groups -OCH3 is 1. The molecule has 3 rings (SSSR count). The van der Waals surface area contributed by atoms with Crippen molar-refractivity contribution in [1.82, 2.24) is 30.0 Å². The number of rotatable bonds is 5. The van der Waals surface area contributed by atoms with E-state index >= 15 is 0 Å². The molecule has 0 radical (unpaired) electrons. The van der Waals surface area contributed by atoms with Crippen molar-refractivity contribution in [2.45, 2.75) is 38.3 Å². The third-order valence-electron chi connectivity index (χ3n) is 3.99.